The van der Waals surface area contributed by atoms with Crippen LogP contribution >= 0.6 is 0 Å². The third-order valence-corrected chi connectivity index (χ3v) is 8.11. The maximum absolute atomic E-state index is 11.1. The quantitative estimate of drug-likeness (QED) is 0.221. The van der Waals surface area contributed by atoms with Gasteiger partial charge >= 0.3 is 0 Å². The summed E-state index contributed by atoms with van der Waals surface area (Å²) in [6, 6.07) is 39.3. The Kier molecular flexibility index (Phi) is 7.46. The van der Waals surface area contributed by atoms with Crippen LogP contribution in [0.5, 0.6) is 5.75 Å². The van der Waals surface area contributed by atoms with E-state index in [0.29, 0.717) is 0 Å². The summed E-state index contributed by atoms with van der Waals surface area (Å²) < 4.78 is 0. The maximum Gasteiger partial charge on any atom is 0.139 e. The zero-order valence-corrected chi connectivity index (χ0v) is 26.3. The van der Waals surface area contributed by atoms with E-state index in [1.54, 1.807) is 0 Å². The molecule has 0 aliphatic heterocycles. The fourth-order valence-corrected chi connectivity index (χ4v) is 5.56. The molecule has 0 radical (unpaired) electrons. The van der Waals surface area contributed by atoms with Crippen LogP contribution < -0.4 is 4.90 Å². The smallest absolute Gasteiger partial charge is 0.139 e. The van der Waals surface area contributed by atoms with Crippen LogP contribution in [-0.2, 0) is 10.8 Å². The molecular weight excluding hydrogens is 538 g/mol. The number of pyridine rings is 2. The lowest BCUT2D eigenvalue weighted by Gasteiger charge is -2.27. The number of phenols is 1. The molecule has 0 unspecified atom stereocenters. The van der Waals surface area contributed by atoms with E-state index in [4.69, 9.17) is 9.97 Å². The van der Waals surface area contributed by atoms with Crippen LogP contribution in [0.3, 0.4) is 0 Å². The first-order chi connectivity index (χ1) is 21.0. The largest absolute Gasteiger partial charge is 0.507 e. The minimum absolute atomic E-state index is 0.0496. The third-order valence-electron chi connectivity index (χ3n) is 8.11. The first kappa shape index (κ1) is 29.1. The van der Waals surface area contributed by atoms with Crippen molar-refractivity contribution in [2.75, 3.05) is 4.90 Å². The molecule has 0 atom stereocenters. The molecule has 220 valence electrons. The van der Waals surface area contributed by atoms with Crippen LogP contribution in [0.2, 0.25) is 0 Å². The van der Waals surface area contributed by atoms with Crippen molar-refractivity contribution in [3.05, 3.63) is 133 Å². The molecule has 4 nitrogen and oxygen atoms in total. The van der Waals surface area contributed by atoms with Gasteiger partial charge in [-0.25, -0.2) is 9.97 Å². The van der Waals surface area contributed by atoms with Gasteiger partial charge in [-0.3, -0.25) is 4.90 Å². The summed E-state index contributed by atoms with van der Waals surface area (Å²) in [5.41, 5.74) is 6.79. The predicted octanol–water partition coefficient (Wildman–Crippen LogP) is 10.7. The molecule has 0 aliphatic carbocycles. The normalized spacial score (nSPS) is 12.0. The molecule has 0 saturated heterocycles. The molecule has 0 aliphatic rings. The van der Waals surface area contributed by atoms with Gasteiger partial charge in [0.15, 0.2) is 0 Å². The molecule has 0 fully saturated rings. The van der Waals surface area contributed by atoms with Crippen molar-refractivity contribution in [2.24, 2.45) is 0 Å². The Morgan fingerprint density at radius 1 is 0.591 bits per heavy atom. The molecule has 4 heteroatoms. The van der Waals surface area contributed by atoms with Crippen LogP contribution in [0.1, 0.15) is 52.7 Å². The molecule has 44 heavy (non-hydrogen) atoms. The van der Waals surface area contributed by atoms with Gasteiger partial charge in [-0.05, 0) is 99.0 Å². The molecule has 0 spiro atoms. The van der Waals surface area contributed by atoms with Gasteiger partial charge in [-0.2, -0.15) is 0 Å². The Balaban J connectivity index is 1.63. The van der Waals surface area contributed by atoms with Gasteiger partial charge < -0.3 is 5.11 Å². The van der Waals surface area contributed by atoms with E-state index in [0.717, 1.165) is 50.5 Å². The lowest BCUT2D eigenvalue weighted by atomic mass is 9.84. The number of anilines is 3. The lowest BCUT2D eigenvalue weighted by molar-refractivity contribution is 0.476. The number of phenolic OH excluding ortho intramolecular Hbond substituents is 1. The summed E-state index contributed by atoms with van der Waals surface area (Å²) in [6.45, 7) is 13.3. The SMILES string of the molecule is CC(C)(C)c1cc(-c2cc(-c3cc(C(C)(C)C)ccc3O)cc3ccccc23)nc(N(c2ccccc2)c2ccccn2)c1. The van der Waals surface area contributed by atoms with Crippen LogP contribution in [0, 0.1) is 0 Å². The standard InChI is InChI=1S/C40H39N3O/c1-39(2,3)29-19-20-36(44)33(24-29)28-22-27-14-10-11-17-32(27)34(23-28)35-25-30(40(4,5)6)26-38(42-35)43(31-15-8-7-9-16-31)37-18-12-13-21-41-37/h7-26,44H,1-6H3. The number of rotatable bonds is 5. The van der Waals surface area contributed by atoms with Crippen LogP contribution in [-0.4, -0.2) is 15.1 Å². The van der Waals surface area contributed by atoms with Crippen molar-refractivity contribution >= 4 is 28.1 Å². The molecule has 0 bridgehead atoms. The van der Waals surface area contributed by atoms with E-state index < -0.39 is 0 Å². The Morgan fingerprint density at radius 2 is 1.30 bits per heavy atom. The average Bonchev–Trinajstić information content (AvgIpc) is 3.01. The Bertz CT molecular complexity index is 1900. The van der Waals surface area contributed by atoms with Crippen molar-refractivity contribution in [2.45, 2.75) is 52.4 Å². The molecular formula is C40H39N3O. The lowest BCUT2D eigenvalue weighted by Crippen LogP contribution is -2.17. The number of para-hydroxylation sites is 1. The highest BCUT2D eigenvalue weighted by atomic mass is 16.3. The minimum atomic E-state index is -0.133. The minimum Gasteiger partial charge on any atom is -0.507 e. The first-order valence-corrected chi connectivity index (χ1v) is 15.1. The van der Waals surface area contributed by atoms with Gasteiger partial charge in [0.1, 0.15) is 17.4 Å². The summed E-state index contributed by atoms with van der Waals surface area (Å²) in [5.74, 6) is 1.86. The highest BCUT2D eigenvalue weighted by Gasteiger charge is 2.23. The maximum atomic E-state index is 11.1. The zero-order chi connectivity index (χ0) is 31.1. The molecule has 2 heterocycles. The molecule has 0 amide bonds. The van der Waals surface area contributed by atoms with Crippen molar-refractivity contribution in [1.82, 2.24) is 9.97 Å². The second kappa shape index (κ2) is 11.3. The van der Waals surface area contributed by atoms with E-state index in [-0.39, 0.29) is 16.6 Å². The number of hydrogen-bond acceptors (Lipinski definition) is 4. The Labute approximate surface area is 260 Å². The van der Waals surface area contributed by atoms with Gasteiger partial charge in [0, 0.05) is 23.0 Å². The summed E-state index contributed by atoms with van der Waals surface area (Å²) in [7, 11) is 0. The van der Waals surface area contributed by atoms with Crippen molar-refractivity contribution < 1.29 is 5.11 Å². The van der Waals surface area contributed by atoms with Crippen molar-refractivity contribution in [3.63, 3.8) is 0 Å². The fraction of sp³-hybridized carbons (Fsp3) is 0.200. The monoisotopic (exact) mass is 577 g/mol. The number of benzene rings is 4. The molecule has 6 aromatic rings. The second-order valence-corrected chi connectivity index (χ2v) is 13.4. The second-order valence-electron chi connectivity index (χ2n) is 13.4. The van der Waals surface area contributed by atoms with Crippen LogP contribution in [0.15, 0.2) is 121 Å². The highest BCUT2D eigenvalue weighted by Crippen LogP contribution is 2.41. The molecule has 0 saturated carbocycles. The number of hydrogen-bond donors (Lipinski definition) is 1. The number of aromatic nitrogens is 2. The molecule has 2 aromatic heterocycles. The Hall–Kier alpha value is -4.96. The zero-order valence-electron chi connectivity index (χ0n) is 26.3. The average molecular weight is 578 g/mol. The topological polar surface area (TPSA) is 49.3 Å². The predicted molar refractivity (Wildman–Crippen MR) is 184 cm³/mol. The van der Waals surface area contributed by atoms with E-state index in [1.807, 2.05) is 54.7 Å². The highest BCUT2D eigenvalue weighted by molar-refractivity contribution is 6.00. The van der Waals surface area contributed by atoms with E-state index in [1.165, 1.54) is 11.1 Å². The number of nitrogens with zero attached hydrogens (tertiary/aromatic N) is 3. The fourth-order valence-electron chi connectivity index (χ4n) is 5.56. The van der Waals surface area contributed by atoms with Gasteiger partial charge in [0.25, 0.3) is 0 Å². The number of fused-ring (bicyclic) bond motifs is 1. The summed E-state index contributed by atoms with van der Waals surface area (Å²) in [4.78, 5) is 12.2. The van der Waals surface area contributed by atoms with Crippen LogP contribution in [0.4, 0.5) is 17.3 Å². The summed E-state index contributed by atoms with van der Waals surface area (Å²) >= 11 is 0. The van der Waals surface area contributed by atoms with Gasteiger partial charge in [0.05, 0.1) is 5.69 Å². The van der Waals surface area contributed by atoms with Crippen molar-refractivity contribution in [3.8, 4) is 28.1 Å². The van der Waals surface area contributed by atoms with Gasteiger partial charge in [-0.1, -0.05) is 96.1 Å². The molecule has 1 N–H and O–H groups in total. The summed E-state index contributed by atoms with van der Waals surface area (Å²) in [6.07, 6.45) is 1.81. The molecule has 6 rings (SSSR count). The van der Waals surface area contributed by atoms with Crippen LogP contribution in [0.25, 0.3) is 33.2 Å². The number of aromatic hydroxyl groups is 1. The van der Waals surface area contributed by atoms with E-state index in [9.17, 15) is 5.11 Å². The van der Waals surface area contributed by atoms with Gasteiger partial charge in [-0.15, -0.1) is 0 Å². The van der Waals surface area contributed by atoms with E-state index >= 15 is 0 Å². The van der Waals surface area contributed by atoms with Crippen molar-refractivity contribution in [1.29, 1.82) is 0 Å². The summed E-state index contributed by atoms with van der Waals surface area (Å²) in [5, 5.41) is 13.3. The first-order valence-electron chi connectivity index (χ1n) is 15.1. The third kappa shape index (κ3) is 5.80. The Morgan fingerprint density at radius 3 is 2.00 bits per heavy atom. The van der Waals surface area contributed by atoms with E-state index in [2.05, 4.69) is 113 Å². The molecule has 4 aromatic carbocycles. The van der Waals surface area contributed by atoms with Gasteiger partial charge in [0.2, 0.25) is 0 Å².